The van der Waals surface area contributed by atoms with Gasteiger partial charge in [0.2, 0.25) is 0 Å². The fourth-order valence-corrected chi connectivity index (χ4v) is 1.51. The first-order chi connectivity index (χ1) is 4.33. The van der Waals surface area contributed by atoms with Crippen LogP contribution in [0.5, 0.6) is 0 Å². The predicted octanol–water partition coefficient (Wildman–Crippen LogP) is 0.460. The molecule has 0 spiro atoms. The molecule has 2 unspecified atom stereocenters. The summed E-state index contributed by atoms with van der Waals surface area (Å²) < 4.78 is 2.30. The Morgan fingerprint density at radius 3 is 3.00 bits per heavy atom. The van der Waals surface area contributed by atoms with Crippen molar-refractivity contribution in [3.8, 4) is 0 Å². The molecule has 0 saturated carbocycles. The monoisotopic (exact) mass is 146 g/mol. The van der Waals surface area contributed by atoms with Gasteiger partial charge in [-0.25, -0.2) is 0 Å². The first-order valence-electron chi connectivity index (χ1n) is 3.56. The topological polar surface area (TPSA) is 15.3 Å². The van der Waals surface area contributed by atoms with E-state index in [1.165, 1.54) is 19.5 Å². The zero-order valence-corrected chi connectivity index (χ0v) is 7.09. The van der Waals surface area contributed by atoms with Crippen LogP contribution in [-0.4, -0.2) is 30.3 Å². The van der Waals surface area contributed by atoms with Crippen LogP contribution in [0.4, 0.5) is 0 Å². The number of rotatable bonds is 1. The Labute approximate surface area is 59.3 Å². The zero-order chi connectivity index (χ0) is 6.69. The molecule has 0 bridgehead atoms. The minimum absolute atomic E-state index is 0.719. The van der Waals surface area contributed by atoms with Crippen molar-refractivity contribution in [1.29, 1.82) is 0 Å². The lowest BCUT2D eigenvalue weighted by molar-refractivity contribution is 0.314. The van der Waals surface area contributed by atoms with E-state index in [2.05, 4.69) is 26.3 Å². The Hall–Kier alpha value is 0.350. The van der Waals surface area contributed by atoms with Gasteiger partial charge in [-0.2, -0.15) is 0 Å². The highest BCUT2D eigenvalue weighted by Gasteiger charge is 2.13. The summed E-state index contributed by atoms with van der Waals surface area (Å²) in [4.78, 5) is 0. The van der Waals surface area contributed by atoms with Gasteiger partial charge in [-0.1, -0.05) is 16.3 Å². The molecule has 2 atom stereocenters. The van der Waals surface area contributed by atoms with Gasteiger partial charge in [0.15, 0.2) is 0 Å². The van der Waals surface area contributed by atoms with Crippen LogP contribution >= 0.6 is 9.39 Å². The molecule has 2 nitrogen and oxygen atoms in total. The minimum Gasteiger partial charge on any atom is -0.311 e. The van der Waals surface area contributed by atoms with E-state index in [-0.39, 0.29) is 0 Å². The fraction of sp³-hybridized carbons (Fsp3) is 1.00. The molecule has 1 N–H and O–H groups in total. The Morgan fingerprint density at radius 1 is 1.78 bits per heavy atom. The summed E-state index contributed by atoms with van der Waals surface area (Å²) in [5, 5.41) is 3.44. The second-order valence-corrected chi connectivity index (χ2v) is 3.28. The van der Waals surface area contributed by atoms with E-state index in [0.717, 1.165) is 12.6 Å². The van der Waals surface area contributed by atoms with Crippen molar-refractivity contribution in [2.24, 2.45) is 0 Å². The summed E-state index contributed by atoms with van der Waals surface area (Å²) in [6.07, 6.45) is 1.24. The maximum Gasteiger partial charge on any atom is 0.0196 e. The van der Waals surface area contributed by atoms with E-state index in [4.69, 9.17) is 0 Å². The average Bonchev–Trinajstić information content (AvgIpc) is 1.88. The summed E-state index contributed by atoms with van der Waals surface area (Å²) in [5.74, 6) is 0. The van der Waals surface area contributed by atoms with Crippen LogP contribution in [0.15, 0.2) is 0 Å². The summed E-state index contributed by atoms with van der Waals surface area (Å²) in [5.41, 5.74) is 0. The number of hydrogen-bond donors (Lipinski definition) is 1. The molecule has 1 rings (SSSR count). The molecule has 0 aromatic heterocycles. The first kappa shape index (κ1) is 7.46. The normalized spacial score (nSPS) is 30.7. The van der Waals surface area contributed by atoms with Crippen LogP contribution in [-0.2, 0) is 0 Å². The molecule has 1 aliphatic heterocycles. The SMILES string of the molecule is CCC1CN(P)CCN1. The molecule has 0 aliphatic carbocycles. The first-order valence-corrected chi connectivity index (χ1v) is 4.07. The molecule has 1 fully saturated rings. The van der Waals surface area contributed by atoms with E-state index in [0.29, 0.717) is 0 Å². The molecule has 0 aromatic carbocycles. The van der Waals surface area contributed by atoms with Gasteiger partial charge < -0.3 is 5.32 Å². The van der Waals surface area contributed by atoms with Gasteiger partial charge >= 0.3 is 0 Å². The summed E-state index contributed by atoms with van der Waals surface area (Å²) in [6, 6.07) is 0.719. The Morgan fingerprint density at radius 2 is 2.56 bits per heavy atom. The molecule has 3 heteroatoms. The van der Waals surface area contributed by atoms with E-state index in [9.17, 15) is 0 Å². The average molecular weight is 146 g/mol. The second kappa shape index (κ2) is 3.50. The number of piperazine rings is 1. The standard InChI is InChI=1S/C6H15N2P/c1-2-6-5-8(9)4-3-7-6/h6-7H,2-5,9H2,1H3. The van der Waals surface area contributed by atoms with Crippen molar-refractivity contribution in [3.63, 3.8) is 0 Å². The van der Waals surface area contributed by atoms with Crippen molar-refractivity contribution >= 4 is 9.39 Å². The zero-order valence-electron chi connectivity index (χ0n) is 5.93. The number of nitrogens with one attached hydrogen (secondary N) is 1. The lowest BCUT2D eigenvalue weighted by Crippen LogP contribution is -2.46. The smallest absolute Gasteiger partial charge is 0.0196 e. The van der Waals surface area contributed by atoms with Crippen molar-refractivity contribution < 1.29 is 0 Å². The molecule has 54 valence electrons. The molecular weight excluding hydrogens is 131 g/mol. The van der Waals surface area contributed by atoms with E-state index < -0.39 is 0 Å². The van der Waals surface area contributed by atoms with Crippen LogP contribution in [0.25, 0.3) is 0 Å². The second-order valence-electron chi connectivity index (χ2n) is 2.55. The summed E-state index contributed by atoms with van der Waals surface area (Å²) in [6.45, 7) is 5.71. The molecular formula is C6H15N2P. The van der Waals surface area contributed by atoms with Crippen LogP contribution < -0.4 is 5.32 Å². The Bertz CT molecular complexity index is 87.1. The number of nitrogens with zero attached hydrogens (tertiary/aromatic N) is 1. The van der Waals surface area contributed by atoms with Crippen LogP contribution in [0.3, 0.4) is 0 Å². The minimum atomic E-state index is 0.719. The molecule has 0 aromatic rings. The maximum absolute atomic E-state index is 3.44. The van der Waals surface area contributed by atoms with E-state index in [1.54, 1.807) is 0 Å². The third kappa shape index (κ3) is 2.21. The van der Waals surface area contributed by atoms with Gasteiger partial charge in [0, 0.05) is 25.7 Å². The molecule has 1 heterocycles. The third-order valence-electron chi connectivity index (χ3n) is 1.78. The van der Waals surface area contributed by atoms with E-state index in [1.807, 2.05) is 0 Å². The van der Waals surface area contributed by atoms with Crippen molar-refractivity contribution in [3.05, 3.63) is 0 Å². The number of hydrogen-bond acceptors (Lipinski definition) is 2. The van der Waals surface area contributed by atoms with Crippen molar-refractivity contribution in [1.82, 2.24) is 9.99 Å². The lowest BCUT2D eigenvalue weighted by Gasteiger charge is -2.29. The molecule has 1 aliphatic rings. The molecule has 9 heavy (non-hydrogen) atoms. The van der Waals surface area contributed by atoms with Gasteiger partial charge in [-0.15, -0.1) is 0 Å². The Balaban J connectivity index is 2.23. The lowest BCUT2D eigenvalue weighted by atomic mass is 10.2. The quantitative estimate of drug-likeness (QED) is 0.541. The summed E-state index contributed by atoms with van der Waals surface area (Å²) >= 11 is 0. The van der Waals surface area contributed by atoms with Crippen LogP contribution in [0.1, 0.15) is 13.3 Å². The Kier molecular flexibility index (Phi) is 2.90. The fourth-order valence-electron chi connectivity index (χ4n) is 1.12. The highest BCUT2D eigenvalue weighted by molar-refractivity contribution is 7.13. The van der Waals surface area contributed by atoms with Gasteiger partial charge in [0.25, 0.3) is 0 Å². The largest absolute Gasteiger partial charge is 0.311 e. The van der Waals surface area contributed by atoms with Crippen LogP contribution in [0.2, 0.25) is 0 Å². The molecule has 0 radical (unpaired) electrons. The molecule has 0 amide bonds. The van der Waals surface area contributed by atoms with Crippen LogP contribution in [0, 0.1) is 0 Å². The van der Waals surface area contributed by atoms with Gasteiger partial charge in [0.1, 0.15) is 0 Å². The maximum atomic E-state index is 3.44. The van der Waals surface area contributed by atoms with Gasteiger partial charge in [-0.05, 0) is 6.42 Å². The van der Waals surface area contributed by atoms with E-state index >= 15 is 0 Å². The predicted molar refractivity (Wildman–Crippen MR) is 43.4 cm³/mol. The molecule has 1 saturated heterocycles. The van der Waals surface area contributed by atoms with Crippen molar-refractivity contribution in [2.75, 3.05) is 19.6 Å². The van der Waals surface area contributed by atoms with Crippen molar-refractivity contribution in [2.45, 2.75) is 19.4 Å². The van der Waals surface area contributed by atoms with Gasteiger partial charge in [-0.3, -0.25) is 4.67 Å². The highest BCUT2D eigenvalue weighted by atomic mass is 31.0. The summed E-state index contributed by atoms with van der Waals surface area (Å²) in [7, 11) is 2.75. The highest BCUT2D eigenvalue weighted by Crippen LogP contribution is 2.05. The third-order valence-corrected chi connectivity index (χ3v) is 2.25. The van der Waals surface area contributed by atoms with Gasteiger partial charge in [0.05, 0.1) is 0 Å².